The van der Waals surface area contributed by atoms with Gasteiger partial charge in [-0.05, 0) is 49.7 Å². The van der Waals surface area contributed by atoms with Gasteiger partial charge in [-0.15, -0.1) is 11.3 Å². The van der Waals surface area contributed by atoms with Crippen molar-refractivity contribution in [1.82, 2.24) is 4.57 Å². The number of amides is 1. The first-order chi connectivity index (χ1) is 12.0. The molecule has 0 N–H and O–H groups in total. The van der Waals surface area contributed by atoms with Gasteiger partial charge in [0, 0.05) is 26.5 Å². The van der Waals surface area contributed by atoms with Crippen molar-refractivity contribution >= 4 is 44.8 Å². The molecule has 128 valence electrons. The van der Waals surface area contributed by atoms with Crippen molar-refractivity contribution < 1.29 is 4.79 Å². The van der Waals surface area contributed by atoms with E-state index in [0.717, 1.165) is 27.2 Å². The number of halogens is 2. The van der Waals surface area contributed by atoms with E-state index in [9.17, 15) is 4.79 Å². The van der Waals surface area contributed by atoms with E-state index in [2.05, 4.69) is 25.5 Å². The molecule has 1 aromatic heterocycles. The fraction of sp³-hybridized carbons (Fsp3) is 0.158. The summed E-state index contributed by atoms with van der Waals surface area (Å²) in [4.78, 5) is 18.7. The van der Waals surface area contributed by atoms with Gasteiger partial charge in [-0.1, -0.05) is 45.7 Å². The van der Waals surface area contributed by atoms with Gasteiger partial charge >= 0.3 is 0 Å². The Balaban J connectivity index is 2.10. The Morgan fingerprint density at radius 3 is 2.60 bits per heavy atom. The van der Waals surface area contributed by atoms with Crippen LogP contribution in [-0.4, -0.2) is 10.5 Å². The monoisotopic (exact) mass is 434 g/mol. The molecule has 3 aromatic rings. The van der Waals surface area contributed by atoms with E-state index < -0.39 is 0 Å². The molecule has 0 radical (unpaired) electrons. The summed E-state index contributed by atoms with van der Waals surface area (Å²) in [6.45, 7) is 4.82. The van der Waals surface area contributed by atoms with Crippen LogP contribution >= 0.6 is 38.9 Å². The van der Waals surface area contributed by atoms with Crippen molar-refractivity contribution in [2.75, 3.05) is 0 Å². The zero-order valence-corrected chi connectivity index (χ0v) is 17.0. The number of hydrogen-bond acceptors (Lipinski definition) is 2. The van der Waals surface area contributed by atoms with Gasteiger partial charge in [0.25, 0.3) is 5.91 Å². The maximum atomic E-state index is 12.5. The van der Waals surface area contributed by atoms with Gasteiger partial charge in [0.1, 0.15) is 0 Å². The van der Waals surface area contributed by atoms with Crippen molar-refractivity contribution in [1.29, 1.82) is 0 Å². The summed E-state index contributed by atoms with van der Waals surface area (Å²) in [6.07, 6.45) is 0. The Morgan fingerprint density at radius 1 is 1.24 bits per heavy atom. The van der Waals surface area contributed by atoms with Crippen LogP contribution in [0.4, 0.5) is 0 Å². The van der Waals surface area contributed by atoms with Crippen LogP contribution in [0.3, 0.4) is 0 Å². The molecular weight excluding hydrogens is 420 g/mol. The van der Waals surface area contributed by atoms with Crippen LogP contribution < -0.4 is 4.80 Å². The Kier molecular flexibility index (Phi) is 5.57. The van der Waals surface area contributed by atoms with Crippen LogP contribution in [0.2, 0.25) is 5.02 Å². The summed E-state index contributed by atoms with van der Waals surface area (Å²) < 4.78 is 2.93. The first-order valence-corrected chi connectivity index (χ1v) is 9.79. The van der Waals surface area contributed by atoms with Crippen molar-refractivity contribution in [2.45, 2.75) is 20.4 Å². The molecule has 1 heterocycles. The minimum atomic E-state index is -0.243. The normalized spacial score (nSPS) is 11.8. The number of rotatable bonds is 3. The number of benzene rings is 2. The lowest BCUT2D eigenvalue weighted by atomic mass is 10.1. The van der Waals surface area contributed by atoms with E-state index in [1.807, 2.05) is 50.2 Å². The van der Waals surface area contributed by atoms with Crippen LogP contribution in [0, 0.1) is 6.92 Å². The third kappa shape index (κ3) is 3.94. The molecule has 0 spiro atoms. The summed E-state index contributed by atoms with van der Waals surface area (Å²) >= 11 is 10.9. The maximum absolute atomic E-state index is 12.5. The quantitative estimate of drug-likeness (QED) is 0.519. The smallest absolute Gasteiger partial charge is 0.279 e. The Labute approximate surface area is 163 Å². The Morgan fingerprint density at radius 2 is 1.96 bits per heavy atom. The topological polar surface area (TPSA) is 34.4 Å². The number of nitrogens with zero attached hydrogens (tertiary/aromatic N) is 2. The third-order valence-corrected chi connectivity index (χ3v) is 5.52. The Hall–Kier alpha value is -1.69. The van der Waals surface area contributed by atoms with E-state index in [1.165, 1.54) is 11.3 Å². The molecule has 3 rings (SSSR count). The van der Waals surface area contributed by atoms with Crippen LogP contribution in [0.1, 0.15) is 22.2 Å². The second-order valence-corrected chi connectivity index (χ2v) is 8.00. The molecule has 2 aromatic carbocycles. The van der Waals surface area contributed by atoms with Crippen LogP contribution in [0.5, 0.6) is 0 Å². The fourth-order valence-corrected chi connectivity index (χ4v) is 4.23. The number of hydrogen-bond donors (Lipinski definition) is 0. The lowest BCUT2D eigenvalue weighted by Gasteiger charge is -2.07. The van der Waals surface area contributed by atoms with Crippen molar-refractivity contribution in [3.05, 3.63) is 73.3 Å². The summed E-state index contributed by atoms with van der Waals surface area (Å²) in [6, 6.07) is 15.0. The van der Waals surface area contributed by atoms with E-state index in [-0.39, 0.29) is 5.91 Å². The number of carbonyl (C=O) groups is 1. The maximum Gasteiger partial charge on any atom is 0.279 e. The predicted molar refractivity (Wildman–Crippen MR) is 107 cm³/mol. The summed E-state index contributed by atoms with van der Waals surface area (Å²) in [7, 11) is 0. The molecule has 25 heavy (non-hydrogen) atoms. The average Bonchev–Trinajstić information content (AvgIpc) is 2.90. The van der Waals surface area contributed by atoms with Gasteiger partial charge in [0.05, 0.1) is 5.69 Å². The van der Waals surface area contributed by atoms with E-state index >= 15 is 0 Å². The number of aromatic nitrogens is 1. The molecule has 0 aliphatic heterocycles. The second kappa shape index (κ2) is 7.68. The predicted octanol–water partition coefficient (Wildman–Crippen LogP) is 5.70. The highest BCUT2D eigenvalue weighted by Gasteiger charge is 2.13. The molecule has 0 atom stereocenters. The van der Waals surface area contributed by atoms with Gasteiger partial charge in [0.15, 0.2) is 4.80 Å². The van der Waals surface area contributed by atoms with E-state index in [0.29, 0.717) is 15.4 Å². The van der Waals surface area contributed by atoms with Crippen molar-refractivity contribution in [3.63, 3.8) is 0 Å². The lowest BCUT2D eigenvalue weighted by Crippen LogP contribution is -2.17. The molecule has 0 fully saturated rings. The highest BCUT2D eigenvalue weighted by atomic mass is 79.9. The number of aryl methyl sites for hydroxylation is 1. The molecule has 0 unspecified atom stereocenters. The molecule has 6 heteroatoms. The second-order valence-electron chi connectivity index (χ2n) is 5.47. The largest absolute Gasteiger partial charge is 0.316 e. The number of thiazole rings is 1. The average molecular weight is 436 g/mol. The van der Waals surface area contributed by atoms with Gasteiger partial charge in [0.2, 0.25) is 0 Å². The van der Waals surface area contributed by atoms with E-state index in [4.69, 9.17) is 11.6 Å². The minimum Gasteiger partial charge on any atom is -0.316 e. The first-order valence-electron chi connectivity index (χ1n) is 7.80. The van der Waals surface area contributed by atoms with Crippen molar-refractivity contribution in [2.24, 2.45) is 4.99 Å². The standard InChI is InChI=1S/C19H16BrClN2OS/c1-3-23-17(13-7-9-16(21)10-8-13)12(2)25-19(23)22-18(24)14-5-4-6-15(20)11-14/h4-11H,3H2,1-2H3. The molecule has 3 nitrogen and oxygen atoms in total. The molecule has 1 amide bonds. The van der Waals surface area contributed by atoms with Gasteiger partial charge in [-0.3, -0.25) is 4.79 Å². The summed E-state index contributed by atoms with van der Waals surface area (Å²) in [5.74, 6) is -0.243. The minimum absolute atomic E-state index is 0.243. The highest BCUT2D eigenvalue weighted by molar-refractivity contribution is 9.10. The third-order valence-electron chi connectivity index (χ3n) is 3.78. The molecule has 0 aliphatic carbocycles. The van der Waals surface area contributed by atoms with E-state index in [1.54, 1.807) is 12.1 Å². The van der Waals surface area contributed by atoms with Gasteiger partial charge < -0.3 is 4.57 Å². The van der Waals surface area contributed by atoms with Crippen LogP contribution in [0.25, 0.3) is 11.3 Å². The zero-order chi connectivity index (χ0) is 18.0. The first kappa shape index (κ1) is 18.1. The van der Waals surface area contributed by atoms with Crippen molar-refractivity contribution in [3.8, 4) is 11.3 Å². The van der Waals surface area contributed by atoms with Crippen LogP contribution in [-0.2, 0) is 6.54 Å². The molecule has 0 saturated carbocycles. The molecule has 0 bridgehead atoms. The molecular formula is C19H16BrClN2OS. The SMILES string of the molecule is CCn1c(-c2ccc(Cl)cc2)c(C)sc1=NC(=O)c1cccc(Br)c1. The molecule has 0 aliphatic rings. The Bertz CT molecular complexity index is 989. The van der Waals surface area contributed by atoms with Gasteiger partial charge in [-0.25, -0.2) is 0 Å². The lowest BCUT2D eigenvalue weighted by molar-refractivity contribution is 0.0997. The summed E-state index contributed by atoms with van der Waals surface area (Å²) in [5, 5.41) is 0.703. The number of carbonyl (C=O) groups excluding carboxylic acids is 1. The van der Waals surface area contributed by atoms with Crippen LogP contribution in [0.15, 0.2) is 58.0 Å². The highest BCUT2D eigenvalue weighted by Crippen LogP contribution is 2.26. The molecule has 0 saturated heterocycles. The fourth-order valence-electron chi connectivity index (χ4n) is 2.64. The summed E-state index contributed by atoms with van der Waals surface area (Å²) in [5.41, 5.74) is 2.71. The van der Waals surface area contributed by atoms with Gasteiger partial charge in [-0.2, -0.15) is 4.99 Å². The zero-order valence-electron chi connectivity index (χ0n) is 13.8.